The molecule has 0 atom stereocenters. The Morgan fingerprint density at radius 1 is 1.15 bits per heavy atom. The third-order valence-electron chi connectivity index (χ3n) is 6.85. The van der Waals surface area contributed by atoms with Crippen LogP contribution in [0.2, 0.25) is 0 Å². The van der Waals surface area contributed by atoms with Crippen LogP contribution < -0.4 is 15.8 Å². The number of nitrogens with one attached hydrogen (secondary N) is 1. The molecule has 5 nitrogen and oxygen atoms in total. The predicted molar refractivity (Wildman–Crippen MR) is 147 cm³/mol. The number of hydrogen-bond acceptors (Lipinski definition) is 5. The number of rotatable bonds is 7. The van der Waals surface area contributed by atoms with Gasteiger partial charge in [0, 0.05) is 57.4 Å². The largest absolute Gasteiger partial charge is 0.374 e. The van der Waals surface area contributed by atoms with Gasteiger partial charge in [0.2, 0.25) is 0 Å². The molecule has 3 aliphatic rings. The molecule has 1 N–H and O–H groups in total. The van der Waals surface area contributed by atoms with Crippen LogP contribution >= 0.6 is 0 Å². The highest BCUT2D eigenvalue weighted by Gasteiger charge is 2.20. The maximum atomic E-state index is 4.30. The van der Waals surface area contributed by atoms with Gasteiger partial charge in [-0.2, -0.15) is 0 Å². The zero-order valence-electron chi connectivity index (χ0n) is 21.1. The molecule has 0 saturated carbocycles. The molecule has 34 heavy (non-hydrogen) atoms. The number of allylic oxidation sites excluding steroid dienone is 3. The topological polar surface area (TPSA) is 43.8 Å². The first-order valence-corrected chi connectivity index (χ1v) is 12.5. The van der Waals surface area contributed by atoms with E-state index in [1.165, 1.54) is 63.1 Å². The molecule has 3 aliphatic heterocycles. The Hall–Kier alpha value is -2.92. The molecule has 5 heteroatoms. The number of pyridine rings is 1. The number of nitrogens with zero attached hydrogens (tertiary/aromatic N) is 4. The van der Waals surface area contributed by atoms with E-state index in [4.69, 9.17) is 0 Å². The third-order valence-corrected chi connectivity index (χ3v) is 6.85. The standard InChI is InChI=1S/C15H17N3.C14H24N2/c1-4-12-10-18-15(16-3)8-14(12)7-11(2)13-5-6-17-9-13;1-3-14-6-10-16(11-7-14)13(2)12-15-8-4-5-9-15/h4,6-10,16H,2,5H2,1,3H3;3,14H,1-2,4-12H2/b12-4-,14-7-;. The molecule has 0 spiro atoms. The van der Waals surface area contributed by atoms with Gasteiger partial charge in [-0.25, -0.2) is 4.98 Å². The minimum absolute atomic E-state index is 0.732. The highest BCUT2D eigenvalue weighted by atomic mass is 15.2. The van der Waals surface area contributed by atoms with Crippen molar-refractivity contribution in [1.82, 2.24) is 14.8 Å². The summed E-state index contributed by atoms with van der Waals surface area (Å²) >= 11 is 0. The van der Waals surface area contributed by atoms with E-state index in [1.807, 2.05) is 44.7 Å². The fraction of sp³-hybridized carbons (Fsp3) is 0.448. The molecule has 2 saturated heterocycles. The van der Waals surface area contributed by atoms with Crippen molar-refractivity contribution in [3.8, 4) is 0 Å². The number of piperidine rings is 1. The zero-order chi connectivity index (χ0) is 24.3. The molecule has 182 valence electrons. The van der Waals surface area contributed by atoms with Gasteiger partial charge >= 0.3 is 0 Å². The monoisotopic (exact) mass is 459 g/mol. The molecule has 2 fully saturated rings. The highest BCUT2D eigenvalue weighted by molar-refractivity contribution is 5.72. The van der Waals surface area contributed by atoms with Gasteiger partial charge in [0.15, 0.2) is 0 Å². The van der Waals surface area contributed by atoms with E-state index in [0.717, 1.165) is 40.7 Å². The molecule has 4 heterocycles. The number of aliphatic imine (C=N–C) groups is 1. The molecule has 0 radical (unpaired) electrons. The van der Waals surface area contributed by atoms with E-state index < -0.39 is 0 Å². The Kier molecular flexibility index (Phi) is 9.89. The quantitative estimate of drug-likeness (QED) is 0.623. The van der Waals surface area contributed by atoms with Crippen molar-refractivity contribution in [3.63, 3.8) is 0 Å². The first kappa shape index (κ1) is 25.7. The Morgan fingerprint density at radius 2 is 1.88 bits per heavy atom. The minimum Gasteiger partial charge on any atom is -0.374 e. The van der Waals surface area contributed by atoms with Crippen LogP contribution in [0.3, 0.4) is 0 Å². The third kappa shape index (κ3) is 7.29. The van der Waals surface area contributed by atoms with Crippen molar-refractivity contribution in [2.75, 3.05) is 45.1 Å². The second-order valence-electron chi connectivity index (χ2n) is 9.21. The minimum atomic E-state index is 0.732. The SMILES string of the molecule is C=C(/C=c1/cc(NC)nc/c1=C/C)C1=CN=CC1.C=CC1CCN(C(=C)CN2CCCC2)CC1. The van der Waals surface area contributed by atoms with Crippen LogP contribution in [0.5, 0.6) is 0 Å². The van der Waals surface area contributed by atoms with Crippen LogP contribution in [-0.2, 0) is 0 Å². The smallest absolute Gasteiger partial charge is 0.126 e. The van der Waals surface area contributed by atoms with E-state index >= 15 is 0 Å². The van der Waals surface area contributed by atoms with Crippen LogP contribution in [0.15, 0.2) is 66.1 Å². The van der Waals surface area contributed by atoms with E-state index in [-0.39, 0.29) is 0 Å². The molecule has 0 bridgehead atoms. The molecular weight excluding hydrogens is 418 g/mol. The Morgan fingerprint density at radius 3 is 2.47 bits per heavy atom. The molecular formula is C29H41N5. The maximum Gasteiger partial charge on any atom is 0.126 e. The molecule has 1 aromatic heterocycles. The fourth-order valence-electron chi connectivity index (χ4n) is 4.58. The average molecular weight is 460 g/mol. The van der Waals surface area contributed by atoms with Crippen molar-refractivity contribution in [2.45, 2.75) is 39.0 Å². The van der Waals surface area contributed by atoms with Gasteiger partial charge in [-0.15, -0.1) is 6.58 Å². The van der Waals surface area contributed by atoms with E-state index in [2.05, 4.69) is 57.0 Å². The summed E-state index contributed by atoms with van der Waals surface area (Å²) in [6.45, 7) is 20.2. The normalized spacial score (nSPS) is 19.6. The average Bonchev–Trinajstić information content (AvgIpc) is 3.59. The highest BCUT2D eigenvalue weighted by Crippen LogP contribution is 2.21. The van der Waals surface area contributed by atoms with Crippen LogP contribution in [0.1, 0.15) is 39.0 Å². The first-order valence-electron chi connectivity index (χ1n) is 12.5. The van der Waals surface area contributed by atoms with Gasteiger partial charge in [-0.1, -0.05) is 25.3 Å². The summed E-state index contributed by atoms with van der Waals surface area (Å²) in [6.07, 6.45) is 18.0. The summed E-state index contributed by atoms with van der Waals surface area (Å²) < 4.78 is 0. The summed E-state index contributed by atoms with van der Waals surface area (Å²) in [4.78, 5) is 13.4. The summed E-state index contributed by atoms with van der Waals surface area (Å²) in [5, 5.41) is 5.27. The maximum absolute atomic E-state index is 4.30. The van der Waals surface area contributed by atoms with Crippen molar-refractivity contribution in [1.29, 1.82) is 0 Å². The second-order valence-corrected chi connectivity index (χ2v) is 9.21. The van der Waals surface area contributed by atoms with Gasteiger partial charge in [0.05, 0.1) is 0 Å². The second kappa shape index (κ2) is 13.1. The number of aromatic nitrogens is 1. The van der Waals surface area contributed by atoms with Crippen LogP contribution in [0.4, 0.5) is 5.82 Å². The summed E-state index contributed by atoms with van der Waals surface area (Å²) in [6, 6.07) is 2.02. The summed E-state index contributed by atoms with van der Waals surface area (Å²) in [5.74, 6) is 1.59. The van der Waals surface area contributed by atoms with Crippen molar-refractivity contribution in [3.05, 3.63) is 71.6 Å². The predicted octanol–water partition coefficient (Wildman–Crippen LogP) is 4.11. The van der Waals surface area contributed by atoms with E-state index in [9.17, 15) is 0 Å². The molecule has 4 rings (SSSR count). The number of likely N-dealkylation sites (tertiary alicyclic amines) is 2. The van der Waals surface area contributed by atoms with Crippen molar-refractivity contribution in [2.24, 2.45) is 10.9 Å². The van der Waals surface area contributed by atoms with Crippen molar-refractivity contribution >= 4 is 24.2 Å². The number of hydrogen-bond donors (Lipinski definition) is 1. The fourth-order valence-corrected chi connectivity index (χ4v) is 4.58. The van der Waals surface area contributed by atoms with Gasteiger partial charge in [0.1, 0.15) is 5.82 Å². The van der Waals surface area contributed by atoms with Crippen LogP contribution in [-0.4, -0.2) is 60.8 Å². The molecule has 0 aromatic carbocycles. The van der Waals surface area contributed by atoms with Crippen LogP contribution in [0.25, 0.3) is 12.2 Å². The van der Waals surface area contributed by atoms with Gasteiger partial charge in [-0.3, -0.25) is 9.89 Å². The molecule has 1 aromatic rings. The van der Waals surface area contributed by atoms with E-state index in [0.29, 0.717) is 0 Å². The lowest BCUT2D eigenvalue weighted by molar-refractivity contribution is 0.226. The van der Waals surface area contributed by atoms with E-state index in [1.54, 1.807) is 0 Å². The lowest BCUT2D eigenvalue weighted by Gasteiger charge is -2.35. The lowest BCUT2D eigenvalue weighted by Crippen LogP contribution is -2.36. The first-order chi connectivity index (χ1) is 16.5. The van der Waals surface area contributed by atoms with Gasteiger partial charge in [-0.05, 0) is 85.3 Å². The van der Waals surface area contributed by atoms with Crippen LogP contribution in [0, 0.1) is 5.92 Å². The van der Waals surface area contributed by atoms with Gasteiger partial charge in [0.25, 0.3) is 0 Å². The van der Waals surface area contributed by atoms with Gasteiger partial charge < -0.3 is 10.2 Å². The summed E-state index contributed by atoms with van der Waals surface area (Å²) in [5.41, 5.74) is 3.49. The Bertz CT molecular complexity index is 1030. The number of anilines is 1. The Balaban J connectivity index is 0.000000192. The van der Waals surface area contributed by atoms with Crippen molar-refractivity contribution < 1.29 is 0 Å². The zero-order valence-corrected chi connectivity index (χ0v) is 21.1. The summed E-state index contributed by atoms with van der Waals surface area (Å²) in [7, 11) is 1.86. The molecule has 0 unspecified atom stereocenters. The molecule has 0 amide bonds. The lowest BCUT2D eigenvalue weighted by atomic mass is 9.97. The Labute approximate surface area is 205 Å². The molecule has 0 aliphatic carbocycles.